The van der Waals surface area contributed by atoms with Gasteiger partial charge in [-0.1, -0.05) is 13.2 Å². The Hall–Kier alpha value is -0.910. The molecule has 0 saturated heterocycles. The number of ketones is 2. The zero-order chi connectivity index (χ0) is 11.8. The molecule has 2 unspecified atom stereocenters. The fraction of sp³-hybridized carbons (Fsp3) is 0.400. The molecule has 0 amide bonds. The lowest BCUT2D eigenvalue weighted by Crippen LogP contribution is -2.24. The monoisotopic (exact) mass is 230 g/mol. The highest BCUT2D eigenvalue weighted by Gasteiger charge is 2.15. The van der Waals surface area contributed by atoms with E-state index < -0.39 is 23.8 Å². The van der Waals surface area contributed by atoms with Crippen LogP contribution >= 0.6 is 11.8 Å². The summed E-state index contributed by atoms with van der Waals surface area (Å²) in [4.78, 5) is 21.7. The van der Waals surface area contributed by atoms with Gasteiger partial charge in [0.25, 0.3) is 0 Å². The highest BCUT2D eigenvalue weighted by molar-refractivity contribution is 7.99. The summed E-state index contributed by atoms with van der Waals surface area (Å²) >= 11 is 1.12. The molecule has 0 aromatic heterocycles. The maximum Gasteiger partial charge on any atom is 0.184 e. The first kappa shape index (κ1) is 14.1. The first-order chi connectivity index (χ1) is 7.02. The Morgan fingerprint density at radius 2 is 1.40 bits per heavy atom. The standard InChI is InChI=1S/C10H14O4S/c1-3-7(11)9(13)5-15-6-10(14)8(12)4-2/h3-4,9-10,13-14H,1-2,5-6H2. The van der Waals surface area contributed by atoms with Crippen molar-refractivity contribution in [2.24, 2.45) is 0 Å². The van der Waals surface area contributed by atoms with E-state index >= 15 is 0 Å². The molecule has 4 nitrogen and oxygen atoms in total. The lowest BCUT2D eigenvalue weighted by atomic mass is 10.2. The van der Waals surface area contributed by atoms with E-state index in [9.17, 15) is 19.8 Å². The van der Waals surface area contributed by atoms with Crippen LogP contribution in [-0.4, -0.2) is 45.5 Å². The number of aliphatic hydroxyl groups is 2. The molecule has 0 saturated carbocycles. The summed E-state index contributed by atoms with van der Waals surface area (Å²) in [5.41, 5.74) is 0. The molecule has 0 fully saturated rings. The Bertz CT molecular complexity index is 236. The third-order valence-corrected chi connectivity index (χ3v) is 2.71. The van der Waals surface area contributed by atoms with Crippen LogP contribution in [0.4, 0.5) is 0 Å². The van der Waals surface area contributed by atoms with E-state index in [4.69, 9.17) is 0 Å². The Morgan fingerprint density at radius 3 is 1.67 bits per heavy atom. The minimum Gasteiger partial charge on any atom is -0.384 e. The Balaban J connectivity index is 3.79. The normalized spacial score (nSPS) is 14.0. The molecular formula is C10H14O4S. The molecule has 2 atom stereocenters. The molecule has 84 valence electrons. The maximum absolute atomic E-state index is 10.9. The second kappa shape index (κ2) is 7.39. The molecule has 2 N–H and O–H groups in total. The van der Waals surface area contributed by atoms with Crippen molar-refractivity contribution < 1.29 is 19.8 Å². The summed E-state index contributed by atoms with van der Waals surface area (Å²) in [5.74, 6) is -0.669. The minimum atomic E-state index is -1.13. The largest absolute Gasteiger partial charge is 0.384 e. The number of thioether (sulfide) groups is 1. The maximum atomic E-state index is 10.9. The summed E-state index contributed by atoms with van der Waals surface area (Å²) < 4.78 is 0. The number of hydrogen-bond donors (Lipinski definition) is 2. The lowest BCUT2D eigenvalue weighted by molar-refractivity contribution is -0.121. The Labute approximate surface area is 92.7 Å². The van der Waals surface area contributed by atoms with Crippen molar-refractivity contribution in [2.75, 3.05) is 11.5 Å². The summed E-state index contributed by atoms with van der Waals surface area (Å²) in [7, 11) is 0. The first-order valence-corrected chi connectivity index (χ1v) is 5.44. The molecular weight excluding hydrogens is 216 g/mol. The van der Waals surface area contributed by atoms with Crippen LogP contribution < -0.4 is 0 Å². The summed E-state index contributed by atoms with van der Waals surface area (Å²) in [6, 6.07) is 0. The van der Waals surface area contributed by atoms with Gasteiger partial charge in [-0.15, -0.1) is 0 Å². The molecule has 0 aromatic rings. The van der Waals surface area contributed by atoms with Crippen LogP contribution in [0.3, 0.4) is 0 Å². The van der Waals surface area contributed by atoms with Gasteiger partial charge in [0.1, 0.15) is 12.2 Å². The molecule has 0 bridgehead atoms. The van der Waals surface area contributed by atoms with E-state index in [2.05, 4.69) is 13.2 Å². The molecule has 0 radical (unpaired) electrons. The summed E-state index contributed by atoms with van der Waals surface area (Å²) in [5, 5.41) is 18.4. The highest BCUT2D eigenvalue weighted by atomic mass is 32.2. The third kappa shape index (κ3) is 5.51. The van der Waals surface area contributed by atoms with E-state index in [1.807, 2.05) is 0 Å². The molecule has 0 aliphatic carbocycles. The van der Waals surface area contributed by atoms with Gasteiger partial charge in [-0.3, -0.25) is 9.59 Å². The van der Waals surface area contributed by atoms with Gasteiger partial charge in [-0.05, 0) is 12.2 Å². The lowest BCUT2D eigenvalue weighted by Gasteiger charge is -2.08. The molecule has 0 aromatic carbocycles. The van der Waals surface area contributed by atoms with Crippen molar-refractivity contribution in [3.05, 3.63) is 25.3 Å². The smallest absolute Gasteiger partial charge is 0.184 e. The zero-order valence-electron chi connectivity index (χ0n) is 8.26. The second-order valence-corrected chi connectivity index (χ2v) is 3.86. The van der Waals surface area contributed by atoms with Gasteiger partial charge >= 0.3 is 0 Å². The van der Waals surface area contributed by atoms with Crippen LogP contribution in [0.5, 0.6) is 0 Å². The summed E-state index contributed by atoms with van der Waals surface area (Å²) in [6.45, 7) is 6.46. The number of rotatable bonds is 8. The molecule has 0 spiro atoms. The van der Waals surface area contributed by atoms with Crippen molar-refractivity contribution in [3.63, 3.8) is 0 Å². The van der Waals surface area contributed by atoms with Crippen molar-refractivity contribution in [2.45, 2.75) is 12.2 Å². The molecule has 0 heterocycles. The van der Waals surface area contributed by atoms with Crippen molar-refractivity contribution in [3.8, 4) is 0 Å². The van der Waals surface area contributed by atoms with Crippen LogP contribution in [0.1, 0.15) is 0 Å². The van der Waals surface area contributed by atoms with Gasteiger partial charge in [0, 0.05) is 11.5 Å². The first-order valence-electron chi connectivity index (χ1n) is 4.29. The Kier molecular flexibility index (Phi) is 6.94. The highest BCUT2D eigenvalue weighted by Crippen LogP contribution is 2.07. The van der Waals surface area contributed by atoms with E-state index in [1.165, 1.54) is 0 Å². The van der Waals surface area contributed by atoms with Crippen molar-refractivity contribution in [1.82, 2.24) is 0 Å². The van der Waals surface area contributed by atoms with E-state index in [0.717, 1.165) is 23.9 Å². The number of hydrogen-bond acceptors (Lipinski definition) is 5. The van der Waals surface area contributed by atoms with E-state index in [-0.39, 0.29) is 11.5 Å². The van der Waals surface area contributed by atoms with E-state index in [1.54, 1.807) is 0 Å². The topological polar surface area (TPSA) is 74.6 Å². The van der Waals surface area contributed by atoms with Crippen LogP contribution in [0.15, 0.2) is 25.3 Å². The Morgan fingerprint density at radius 1 is 1.07 bits per heavy atom. The van der Waals surface area contributed by atoms with Gasteiger partial charge in [-0.2, -0.15) is 11.8 Å². The average molecular weight is 230 g/mol. The third-order valence-electron chi connectivity index (χ3n) is 1.61. The number of carbonyl (C=O) groups excluding carboxylic acids is 2. The quantitative estimate of drug-likeness (QED) is 0.572. The summed E-state index contributed by atoms with van der Waals surface area (Å²) in [6.07, 6.45) is -0.176. The minimum absolute atomic E-state index is 0.131. The van der Waals surface area contributed by atoms with Gasteiger partial charge < -0.3 is 10.2 Å². The molecule has 15 heavy (non-hydrogen) atoms. The van der Waals surface area contributed by atoms with Crippen LogP contribution in [0, 0.1) is 0 Å². The molecule has 0 aliphatic rings. The van der Waals surface area contributed by atoms with E-state index in [0.29, 0.717) is 0 Å². The predicted molar refractivity (Wildman–Crippen MR) is 59.7 cm³/mol. The second-order valence-electron chi connectivity index (χ2n) is 2.78. The molecule has 0 rings (SSSR count). The van der Waals surface area contributed by atoms with Gasteiger partial charge in [0.15, 0.2) is 11.6 Å². The zero-order valence-corrected chi connectivity index (χ0v) is 9.07. The van der Waals surface area contributed by atoms with Gasteiger partial charge in [0.05, 0.1) is 0 Å². The fourth-order valence-corrected chi connectivity index (χ4v) is 1.64. The number of carbonyl (C=O) groups is 2. The molecule has 5 heteroatoms. The van der Waals surface area contributed by atoms with Gasteiger partial charge in [0.2, 0.25) is 0 Å². The number of aliphatic hydroxyl groups excluding tert-OH is 2. The van der Waals surface area contributed by atoms with Crippen LogP contribution in [-0.2, 0) is 9.59 Å². The predicted octanol–water partition coefficient (Wildman–Crippen LogP) is -0.0484. The van der Waals surface area contributed by atoms with Crippen molar-refractivity contribution >= 4 is 23.3 Å². The van der Waals surface area contributed by atoms with Crippen LogP contribution in [0.25, 0.3) is 0 Å². The SMILES string of the molecule is C=CC(=O)C(O)CSCC(O)C(=O)C=C. The molecule has 0 aliphatic heterocycles. The van der Waals surface area contributed by atoms with Gasteiger partial charge in [-0.25, -0.2) is 0 Å². The average Bonchev–Trinajstić information content (AvgIpc) is 2.26. The fourth-order valence-electron chi connectivity index (χ4n) is 0.728. The van der Waals surface area contributed by atoms with Crippen LogP contribution in [0.2, 0.25) is 0 Å². The van der Waals surface area contributed by atoms with Crippen molar-refractivity contribution in [1.29, 1.82) is 0 Å².